The van der Waals surface area contributed by atoms with Crippen LogP contribution in [-0.4, -0.2) is 75.6 Å². The van der Waals surface area contributed by atoms with Crippen LogP contribution in [0.2, 0.25) is 0 Å². The summed E-state index contributed by atoms with van der Waals surface area (Å²) >= 11 is 0. The van der Waals surface area contributed by atoms with Crippen molar-refractivity contribution in [3.8, 4) is 0 Å². The molecular formula is C12H24N4O4S. The Kier molecular flexibility index (Phi) is 5.80. The van der Waals surface area contributed by atoms with Gasteiger partial charge in [0.15, 0.2) is 0 Å². The van der Waals surface area contributed by atoms with Crippen LogP contribution in [0.1, 0.15) is 19.8 Å². The maximum Gasteiger partial charge on any atom is 0.409 e. The van der Waals surface area contributed by atoms with E-state index in [0.29, 0.717) is 58.7 Å². The fourth-order valence-electron chi connectivity index (χ4n) is 2.56. The summed E-state index contributed by atoms with van der Waals surface area (Å²) in [4.78, 5) is 13.2. The smallest absolute Gasteiger partial charge is 0.409 e. The Bertz CT molecular complexity index is 442. The Labute approximate surface area is 126 Å². The maximum absolute atomic E-state index is 12.3. The van der Waals surface area contributed by atoms with Crippen LogP contribution in [0.15, 0.2) is 0 Å². The number of likely N-dealkylation sites (tertiary alicyclic amines) is 1. The van der Waals surface area contributed by atoms with Crippen molar-refractivity contribution in [2.24, 2.45) is 0 Å². The Morgan fingerprint density at radius 3 is 2.43 bits per heavy atom. The van der Waals surface area contributed by atoms with E-state index in [0.717, 1.165) is 0 Å². The molecule has 0 spiro atoms. The molecule has 2 N–H and O–H groups in total. The minimum atomic E-state index is -3.42. The van der Waals surface area contributed by atoms with Gasteiger partial charge in [-0.2, -0.15) is 17.4 Å². The van der Waals surface area contributed by atoms with Gasteiger partial charge in [0, 0.05) is 45.3 Å². The molecule has 2 rings (SSSR count). The van der Waals surface area contributed by atoms with Crippen molar-refractivity contribution >= 4 is 16.3 Å². The lowest BCUT2D eigenvalue weighted by atomic mass is 10.1. The highest BCUT2D eigenvalue weighted by molar-refractivity contribution is 7.87. The van der Waals surface area contributed by atoms with E-state index >= 15 is 0 Å². The third-order valence-electron chi connectivity index (χ3n) is 3.75. The molecule has 2 fully saturated rings. The lowest BCUT2D eigenvalue weighted by Gasteiger charge is -2.33. The molecule has 2 heterocycles. The molecule has 0 atom stereocenters. The van der Waals surface area contributed by atoms with Crippen LogP contribution in [0.5, 0.6) is 0 Å². The molecule has 0 unspecified atom stereocenters. The number of rotatable bonds is 4. The van der Waals surface area contributed by atoms with Gasteiger partial charge in [0.05, 0.1) is 6.61 Å². The van der Waals surface area contributed by atoms with Crippen molar-refractivity contribution in [3.05, 3.63) is 0 Å². The third-order valence-corrected chi connectivity index (χ3v) is 5.43. The van der Waals surface area contributed by atoms with Crippen molar-refractivity contribution in [3.63, 3.8) is 0 Å². The summed E-state index contributed by atoms with van der Waals surface area (Å²) in [6.45, 7) is 5.53. The number of piperazine rings is 1. The van der Waals surface area contributed by atoms with Crippen molar-refractivity contribution in [2.75, 3.05) is 45.9 Å². The van der Waals surface area contributed by atoms with Crippen LogP contribution in [-0.2, 0) is 14.9 Å². The normalized spacial score (nSPS) is 22.2. The second-order valence-electron chi connectivity index (χ2n) is 5.23. The molecule has 1 amide bonds. The number of hydrogen-bond acceptors (Lipinski definition) is 5. The van der Waals surface area contributed by atoms with Gasteiger partial charge < -0.3 is 15.0 Å². The molecule has 0 aromatic heterocycles. The van der Waals surface area contributed by atoms with Crippen LogP contribution in [0.3, 0.4) is 0 Å². The number of ether oxygens (including phenoxy) is 1. The first kappa shape index (κ1) is 16.5. The van der Waals surface area contributed by atoms with Crippen molar-refractivity contribution in [1.82, 2.24) is 19.2 Å². The fourth-order valence-corrected chi connectivity index (χ4v) is 4.03. The predicted octanol–water partition coefficient (Wildman–Crippen LogP) is -0.653. The van der Waals surface area contributed by atoms with E-state index in [4.69, 9.17) is 4.74 Å². The molecule has 2 aliphatic heterocycles. The highest BCUT2D eigenvalue weighted by Crippen LogP contribution is 2.13. The average molecular weight is 320 g/mol. The van der Waals surface area contributed by atoms with Gasteiger partial charge in [-0.25, -0.2) is 4.79 Å². The molecule has 21 heavy (non-hydrogen) atoms. The Morgan fingerprint density at radius 2 is 1.86 bits per heavy atom. The van der Waals surface area contributed by atoms with E-state index in [1.54, 1.807) is 11.8 Å². The molecule has 0 bridgehead atoms. The van der Waals surface area contributed by atoms with Gasteiger partial charge in [0.25, 0.3) is 10.2 Å². The van der Waals surface area contributed by atoms with Crippen LogP contribution < -0.4 is 10.0 Å². The largest absolute Gasteiger partial charge is 0.450 e. The highest BCUT2D eigenvalue weighted by atomic mass is 32.2. The van der Waals surface area contributed by atoms with E-state index in [-0.39, 0.29) is 12.1 Å². The van der Waals surface area contributed by atoms with Gasteiger partial charge in [-0.3, -0.25) is 0 Å². The van der Waals surface area contributed by atoms with Gasteiger partial charge in [-0.05, 0) is 19.8 Å². The summed E-state index contributed by atoms with van der Waals surface area (Å²) in [6.07, 6.45) is 0.912. The number of carbonyl (C=O) groups excluding carboxylic acids is 1. The fraction of sp³-hybridized carbons (Fsp3) is 0.917. The van der Waals surface area contributed by atoms with Crippen LogP contribution in [0.4, 0.5) is 4.79 Å². The molecule has 122 valence electrons. The first-order valence-corrected chi connectivity index (χ1v) is 8.86. The van der Waals surface area contributed by atoms with Gasteiger partial charge in [-0.15, -0.1) is 0 Å². The molecule has 0 aliphatic carbocycles. The summed E-state index contributed by atoms with van der Waals surface area (Å²) in [5.74, 6) is 0. The second-order valence-corrected chi connectivity index (χ2v) is 6.93. The number of hydrogen-bond donors (Lipinski definition) is 2. The molecule has 0 aromatic carbocycles. The second kappa shape index (κ2) is 7.39. The first-order valence-electron chi connectivity index (χ1n) is 7.42. The third kappa shape index (κ3) is 4.53. The zero-order chi connectivity index (χ0) is 15.3. The minimum Gasteiger partial charge on any atom is -0.450 e. The number of nitrogens with zero attached hydrogens (tertiary/aromatic N) is 2. The Balaban J connectivity index is 1.81. The zero-order valence-corrected chi connectivity index (χ0v) is 13.2. The molecular weight excluding hydrogens is 296 g/mol. The first-order chi connectivity index (χ1) is 10.0. The molecule has 2 aliphatic rings. The zero-order valence-electron chi connectivity index (χ0n) is 12.4. The summed E-state index contributed by atoms with van der Waals surface area (Å²) in [5.41, 5.74) is 0. The molecule has 2 saturated heterocycles. The van der Waals surface area contributed by atoms with E-state index in [1.165, 1.54) is 4.31 Å². The topological polar surface area (TPSA) is 91.0 Å². The summed E-state index contributed by atoms with van der Waals surface area (Å²) in [6, 6.07) is -0.115. The van der Waals surface area contributed by atoms with E-state index in [1.807, 2.05) is 0 Å². The lowest BCUT2D eigenvalue weighted by Crippen LogP contribution is -2.54. The summed E-state index contributed by atoms with van der Waals surface area (Å²) in [7, 11) is -3.42. The maximum atomic E-state index is 12.3. The standard InChI is InChI=1S/C12H24N4O4S/c1-2-20-12(17)15-7-3-11(4-8-15)14-21(18,19)16-9-5-13-6-10-16/h11,13-14H,2-10H2,1H3. The van der Waals surface area contributed by atoms with Crippen LogP contribution in [0, 0.1) is 0 Å². The minimum absolute atomic E-state index is 0.115. The number of amides is 1. The van der Waals surface area contributed by atoms with Gasteiger partial charge in [-0.1, -0.05) is 0 Å². The van der Waals surface area contributed by atoms with Crippen molar-refractivity contribution in [2.45, 2.75) is 25.8 Å². The molecule has 0 radical (unpaired) electrons. The molecule has 9 heteroatoms. The van der Waals surface area contributed by atoms with E-state index < -0.39 is 10.2 Å². The monoisotopic (exact) mass is 320 g/mol. The Hall–Kier alpha value is -0.900. The number of nitrogens with one attached hydrogen (secondary N) is 2. The van der Waals surface area contributed by atoms with Crippen LogP contribution >= 0.6 is 0 Å². The van der Waals surface area contributed by atoms with E-state index in [2.05, 4.69) is 10.0 Å². The Morgan fingerprint density at radius 1 is 1.24 bits per heavy atom. The average Bonchev–Trinajstić information content (AvgIpc) is 2.49. The molecule has 0 aromatic rings. The van der Waals surface area contributed by atoms with Gasteiger partial charge in [0.1, 0.15) is 0 Å². The van der Waals surface area contributed by atoms with Crippen molar-refractivity contribution < 1.29 is 17.9 Å². The van der Waals surface area contributed by atoms with E-state index in [9.17, 15) is 13.2 Å². The molecule has 0 saturated carbocycles. The predicted molar refractivity (Wildman–Crippen MR) is 78.1 cm³/mol. The SMILES string of the molecule is CCOC(=O)N1CCC(NS(=O)(=O)N2CCNCC2)CC1. The van der Waals surface area contributed by atoms with Gasteiger partial charge >= 0.3 is 6.09 Å². The van der Waals surface area contributed by atoms with Crippen molar-refractivity contribution in [1.29, 1.82) is 0 Å². The molecule has 8 nitrogen and oxygen atoms in total. The van der Waals surface area contributed by atoms with Gasteiger partial charge in [0.2, 0.25) is 0 Å². The van der Waals surface area contributed by atoms with Crippen LogP contribution in [0.25, 0.3) is 0 Å². The summed E-state index contributed by atoms with van der Waals surface area (Å²) < 4.78 is 33.7. The number of piperidine rings is 1. The highest BCUT2D eigenvalue weighted by Gasteiger charge is 2.30. The lowest BCUT2D eigenvalue weighted by molar-refractivity contribution is 0.0964. The number of carbonyl (C=O) groups is 1. The quantitative estimate of drug-likeness (QED) is 0.718. The summed E-state index contributed by atoms with van der Waals surface area (Å²) in [5, 5.41) is 3.13.